The Kier molecular flexibility index (Phi) is 5.35. The Morgan fingerprint density at radius 3 is 2.70 bits per heavy atom. The zero-order chi connectivity index (χ0) is 14.4. The minimum atomic E-state index is -0.340. The van der Waals surface area contributed by atoms with Gasteiger partial charge in [-0.15, -0.1) is 0 Å². The number of halogens is 1. The van der Waals surface area contributed by atoms with E-state index in [2.05, 4.69) is 5.32 Å². The average Bonchev–Trinajstić information content (AvgIpc) is 2.46. The normalized spacial score (nSPS) is 22.3. The number of carbonyl (C=O) groups is 1. The number of aliphatic hydroxyl groups excluding tert-OH is 1. The standard InChI is InChI=1S/C15H20FNO3/c16-12-5-7-13(8-6-12)20-10-15(19)17-9-11-3-1-2-4-14(11)18/h5-8,11,14,18H,1-4,9-10H2,(H,17,19). The van der Waals surface area contributed by atoms with Gasteiger partial charge in [0.1, 0.15) is 11.6 Å². The number of carbonyl (C=O) groups excluding carboxylic acids is 1. The lowest BCUT2D eigenvalue weighted by Gasteiger charge is -2.27. The van der Waals surface area contributed by atoms with E-state index in [-0.39, 0.29) is 30.4 Å². The van der Waals surface area contributed by atoms with E-state index in [9.17, 15) is 14.3 Å². The van der Waals surface area contributed by atoms with Crippen molar-refractivity contribution in [3.63, 3.8) is 0 Å². The van der Waals surface area contributed by atoms with Gasteiger partial charge in [-0.1, -0.05) is 12.8 Å². The lowest BCUT2D eigenvalue weighted by molar-refractivity contribution is -0.123. The Balaban J connectivity index is 1.68. The monoisotopic (exact) mass is 281 g/mol. The predicted octanol–water partition coefficient (Wildman–Crippen LogP) is 1.87. The maximum atomic E-state index is 12.7. The van der Waals surface area contributed by atoms with Crippen LogP contribution in [0.1, 0.15) is 25.7 Å². The smallest absolute Gasteiger partial charge is 0.257 e. The zero-order valence-electron chi connectivity index (χ0n) is 11.3. The highest BCUT2D eigenvalue weighted by Crippen LogP contribution is 2.23. The first-order chi connectivity index (χ1) is 9.65. The maximum absolute atomic E-state index is 12.7. The van der Waals surface area contributed by atoms with Gasteiger partial charge in [-0.3, -0.25) is 4.79 Å². The number of hydrogen-bond acceptors (Lipinski definition) is 3. The first-order valence-electron chi connectivity index (χ1n) is 6.98. The van der Waals surface area contributed by atoms with Crippen LogP contribution >= 0.6 is 0 Å². The third-order valence-electron chi connectivity index (χ3n) is 3.61. The molecule has 1 aromatic carbocycles. The van der Waals surface area contributed by atoms with E-state index in [0.717, 1.165) is 25.7 Å². The van der Waals surface area contributed by atoms with Crippen molar-refractivity contribution in [2.24, 2.45) is 5.92 Å². The Labute approximate surface area is 117 Å². The van der Waals surface area contributed by atoms with E-state index < -0.39 is 0 Å². The Bertz CT molecular complexity index is 435. The summed E-state index contributed by atoms with van der Waals surface area (Å²) in [6.07, 6.45) is 3.60. The van der Waals surface area contributed by atoms with Crippen LogP contribution in [0.25, 0.3) is 0 Å². The van der Waals surface area contributed by atoms with E-state index in [0.29, 0.717) is 12.3 Å². The van der Waals surface area contributed by atoms with Crippen LogP contribution in [0.15, 0.2) is 24.3 Å². The molecule has 1 fully saturated rings. The van der Waals surface area contributed by atoms with Gasteiger partial charge < -0.3 is 15.2 Å². The lowest BCUT2D eigenvalue weighted by Crippen LogP contribution is -2.38. The molecule has 2 rings (SSSR count). The fourth-order valence-electron chi connectivity index (χ4n) is 2.40. The second-order valence-electron chi connectivity index (χ2n) is 5.16. The number of hydrogen-bond donors (Lipinski definition) is 2. The van der Waals surface area contributed by atoms with Crippen LogP contribution in [0.4, 0.5) is 4.39 Å². The fraction of sp³-hybridized carbons (Fsp3) is 0.533. The van der Waals surface area contributed by atoms with Gasteiger partial charge in [-0.2, -0.15) is 0 Å². The molecule has 1 aromatic rings. The second-order valence-corrected chi connectivity index (χ2v) is 5.16. The quantitative estimate of drug-likeness (QED) is 0.866. The van der Waals surface area contributed by atoms with Crippen molar-refractivity contribution >= 4 is 5.91 Å². The average molecular weight is 281 g/mol. The van der Waals surface area contributed by atoms with Gasteiger partial charge >= 0.3 is 0 Å². The zero-order valence-corrected chi connectivity index (χ0v) is 11.3. The number of ether oxygens (including phenoxy) is 1. The van der Waals surface area contributed by atoms with Crippen molar-refractivity contribution in [1.29, 1.82) is 0 Å². The van der Waals surface area contributed by atoms with Crippen molar-refractivity contribution in [1.82, 2.24) is 5.32 Å². The second kappa shape index (κ2) is 7.24. The van der Waals surface area contributed by atoms with Crippen molar-refractivity contribution in [2.75, 3.05) is 13.2 Å². The van der Waals surface area contributed by atoms with Gasteiger partial charge in [0, 0.05) is 12.5 Å². The molecule has 0 aromatic heterocycles. The Morgan fingerprint density at radius 1 is 1.30 bits per heavy atom. The predicted molar refractivity (Wildman–Crippen MR) is 72.9 cm³/mol. The first kappa shape index (κ1) is 14.8. The number of rotatable bonds is 5. The Hall–Kier alpha value is -1.62. The topological polar surface area (TPSA) is 58.6 Å². The minimum Gasteiger partial charge on any atom is -0.484 e. The van der Waals surface area contributed by atoms with E-state index in [1.807, 2.05) is 0 Å². The van der Waals surface area contributed by atoms with Crippen molar-refractivity contribution < 1.29 is 19.0 Å². The van der Waals surface area contributed by atoms with Crippen molar-refractivity contribution in [3.05, 3.63) is 30.1 Å². The molecule has 110 valence electrons. The molecule has 0 heterocycles. The molecule has 1 amide bonds. The number of amides is 1. The van der Waals surface area contributed by atoms with Crippen LogP contribution < -0.4 is 10.1 Å². The minimum absolute atomic E-state index is 0.103. The van der Waals surface area contributed by atoms with E-state index in [1.165, 1.54) is 24.3 Å². The maximum Gasteiger partial charge on any atom is 0.257 e. The van der Waals surface area contributed by atoms with Gasteiger partial charge in [-0.25, -0.2) is 4.39 Å². The van der Waals surface area contributed by atoms with Crippen LogP contribution in [0.2, 0.25) is 0 Å². The van der Waals surface area contributed by atoms with E-state index in [4.69, 9.17) is 4.74 Å². The summed E-state index contributed by atoms with van der Waals surface area (Å²) >= 11 is 0. The fourth-order valence-corrected chi connectivity index (χ4v) is 2.40. The number of aliphatic hydroxyl groups is 1. The molecule has 0 aliphatic heterocycles. The van der Waals surface area contributed by atoms with Gasteiger partial charge in [0.2, 0.25) is 0 Å². The summed E-state index contributed by atoms with van der Waals surface area (Å²) in [4.78, 5) is 11.6. The lowest BCUT2D eigenvalue weighted by atomic mass is 9.86. The largest absolute Gasteiger partial charge is 0.484 e. The molecular formula is C15H20FNO3. The summed E-state index contributed by atoms with van der Waals surface area (Å²) in [5, 5.41) is 12.6. The van der Waals surface area contributed by atoms with Gasteiger partial charge in [0.15, 0.2) is 6.61 Å². The third-order valence-corrected chi connectivity index (χ3v) is 3.61. The molecule has 0 bridgehead atoms. The summed E-state index contributed by atoms with van der Waals surface area (Å²) in [6.45, 7) is 0.376. The summed E-state index contributed by atoms with van der Waals surface area (Å²) in [5.41, 5.74) is 0. The molecule has 1 aliphatic rings. The highest BCUT2D eigenvalue weighted by molar-refractivity contribution is 5.77. The number of nitrogens with one attached hydrogen (secondary N) is 1. The summed E-state index contributed by atoms with van der Waals surface area (Å²) in [6, 6.07) is 5.53. The highest BCUT2D eigenvalue weighted by Gasteiger charge is 2.23. The van der Waals surface area contributed by atoms with Crippen LogP contribution in [-0.2, 0) is 4.79 Å². The summed E-state index contributed by atoms with van der Waals surface area (Å²) in [5.74, 6) is 0.0259. The molecule has 5 heteroatoms. The highest BCUT2D eigenvalue weighted by atomic mass is 19.1. The molecule has 4 nitrogen and oxygen atoms in total. The molecule has 2 atom stereocenters. The third kappa shape index (κ3) is 4.49. The van der Waals surface area contributed by atoms with Gasteiger partial charge in [-0.05, 0) is 37.1 Å². The van der Waals surface area contributed by atoms with E-state index >= 15 is 0 Å². The molecular weight excluding hydrogens is 261 g/mol. The SMILES string of the molecule is O=C(COc1ccc(F)cc1)NCC1CCCCC1O. The molecule has 0 spiro atoms. The first-order valence-corrected chi connectivity index (χ1v) is 6.98. The number of benzene rings is 1. The molecule has 0 radical (unpaired) electrons. The summed E-state index contributed by atoms with van der Waals surface area (Å²) < 4.78 is 17.9. The van der Waals surface area contributed by atoms with Crippen molar-refractivity contribution in [2.45, 2.75) is 31.8 Å². The van der Waals surface area contributed by atoms with Crippen LogP contribution in [0.5, 0.6) is 5.75 Å². The summed E-state index contributed by atoms with van der Waals surface area (Å²) in [7, 11) is 0. The molecule has 0 saturated heterocycles. The van der Waals surface area contributed by atoms with Gasteiger partial charge in [0.25, 0.3) is 5.91 Å². The molecule has 20 heavy (non-hydrogen) atoms. The van der Waals surface area contributed by atoms with Gasteiger partial charge in [0.05, 0.1) is 6.10 Å². The molecule has 2 N–H and O–H groups in total. The van der Waals surface area contributed by atoms with Crippen LogP contribution in [-0.4, -0.2) is 30.3 Å². The van der Waals surface area contributed by atoms with Crippen molar-refractivity contribution in [3.8, 4) is 5.75 Å². The van der Waals surface area contributed by atoms with Crippen LogP contribution in [0.3, 0.4) is 0 Å². The Morgan fingerprint density at radius 2 is 2.00 bits per heavy atom. The molecule has 2 unspecified atom stereocenters. The van der Waals surface area contributed by atoms with Crippen LogP contribution in [0, 0.1) is 11.7 Å². The molecule has 1 aliphatic carbocycles. The molecule has 1 saturated carbocycles. The van der Waals surface area contributed by atoms with E-state index in [1.54, 1.807) is 0 Å².